The van der Waals surface area contributed by atoms with E-state index in [1.807, 2.05) is 25.1 Å². The Bertz CT molecular complexity index is 1830. The number of nitrogens with one attached hydrogen (secondary N) is 1. The van der Waals surface area contributed by atoms with Crippen LogP contribution >= 0.6 is 34.8 Å². The maximum atomic E-state index is 14.0. The molecule has 3 aromatic carbocycles. The van der Waals surface area contributed by atoms with Gasteiger partial charge in [-0.1, -0.05) is 59.1 Å². The van der Waals surface area contributed by atoms with Crippen LogP contribution in [-0.2, 0) is 29.7 Å². The molecule has 1 atom stereocenters. The number of benzene rings is 3. The van der Waals surface area contributed by atoms with Crippen LogP contribution in [0.5, 0.6) is 0 Å². The van der Waals surface area contributed by atoms with E-state index < -0.39 is 17.4 Å². The van der Waals surface area contributed by atoms with Crippen LogP contribution < -0.4 is 5.32 Å². The molecule has 0 spiro atoms. The molecule has 1 aliphatic rings. The highest BCUT2D eigenvalue weighted by Crippen LogP contribution is 2.43. The molecule has 0 radical (unpaired) electrons. The molecule has 2 heterocycles. The lowest BCUT2D eigenvalue weighted by Crippen LogP contribution is -2.50. The molecule has 8 nitrogen and oxygen atoms in total. The molecule has 0 fully saturated rings. The number of carbonyl (C=O) groups is 2. The first-order chi connectivity index (χ1) is 20.1. The summed E-state index contributed by atoms with van der Waals surface area (Å²) in [5.41, 5.74) is 5.06. The van der Waals surface area contributed by atoms with E-state index in [2.05, 4.69) is 38.3 Å². The minimum absolute atomic E-state index is 0.0163. The molecule has 2 N–H and O–H groups in total. The van der Waals surface area contributed by atoms with Crippen molar-refractivity contribution in [3.63, 3.8) is 0 Å². The van der Waals surface area contributed by atoms with Crippen LogP contribution in [0.1, 0.15) is 45.6 Å². The zero-order chi connectivity index (χ0) is 29.6. The SMILES string of the molecule is Cc1ccc2c3c(n(CCC(=O)O)c2c1)CC[C@](NC(=O)c1c(Cl)cc(-n2cnnc2)cc1Cl)(c1cccc(Cl)c1)C3. The highest BCUT2D eigenvalue weighted by molar-refractivity contribution is 6.40. The molecular weight excluding hydrogens is 597 g/mol. The third-order valence-corrected chi connectivity index (χ3v) is 8.79. The number of carboxylic acids is 1. The van der Waals surface area contributed by atoms with Crippen LogP contribution in [-0.4, -0.2) is 36.3 Å². The Morgan fingerprint density at radius 3 is 2.45 bits per heavy atom. The van der Waals surface area contributed by atoms with Gasteiger partial charge in [0.1, 0.15) is 12.7 Å². The molecule has 0 aliphatic heterocycles. The summed E-state index contributed by atoms with van der Waals surface area (Å²) in [7, 11) is 0. The van der Waals surface area contributed by atoms with Gasteiger partial charge < -0.3 is 15.0 Å². The fraction of sp³-hybridized carbons (Fsp3) is 0.226. The predicted octanol–water partition coefficient (Wildman–Crippen LogP) is 6.78. The fourth-order valence-electron chi connectivity index (χ4n) is 6.00. The number of amides is 1. The van der Waals surface area contributed by atoms with Crippen molar-refractivity contribution in [2.75, 3.05) is 0 Å². The first-order valence-corrected chi connectivity index (χ1v) is 14.5. The van der Waals surface area contributed by atoms with E-state index in [1.54, 1.807) is 22.8 Å². The van der Waals surface area contributed by atoms with Crippen LogP contribution in [0.25, 0.3) is 16.6 Å². The highest BCUT2D eigenvalue weighted by Gasteiger charge is 2.41. The van der Waals surface area contributed by atoms with Gasteiger partial charge in [0.15, 0.2) is 0 Å². The molecule has 1 amide bonds. The Hall–Kier alpha value is -3.85. The van der Waals surface area contributed by atoms with Crippen molar-refractivity contribution in [1.82, 2.24) is 24.6 Å². The van der Waals surface area contributed by atoms with E-state index in [4.69, 9.17) is 34.8 Å². The maximum Gasteiger partial charge on any atom is 0.305 e. The van der Waals surface area contributed by atoms with Crippen LogP contribution in [0.4, 0.5) is 0 Å². The summed E-state index contributed by atoms with van der Waals surface area (Å²) < 4.78 is 3.77. The van der Waals surface area contributed by atoms with Crippen molar-refractivity contribution in [2.24, 2.45) is 0 Å². The standard InChI is InChI=1S/C31H26Cl3N5O3/c1-18-5-6-22-23-15-31(19-3-2-4-20(32)12-19,9-7-26(23)39(27(22)11-18)10-8-28(40)41)37-30(42)29-24(33)13-21(14-25(29)34)38-16-35-36-17-38/h2-6,11-14,16-17H,7-10,15H2,1H3,(H,37,42)(H,40,41)/t31-/m1/s1. The summed E-state index contributed by atoms with van der Waals surface area (Å²) in [4.78, 5) is 25.5. The van der Waals surface area contributed by atoms with Gasteiger partial charge in [0.2, 0.25) is 0 Å². The topological polar surface area (TPSA) is 102 Å². The van der Waals surface area contributed by atoms with Gasteiger partial charge in [0.25, 0.3) is 5.91 Å². The average Bonchev–Trinajstić information content (AvgIpc) is 3.58. The second-order valence-corrected chi connectivity index (χ2v) is 11.9. The third kappa shape index (κ3) is 5.15. The van der Waals surface area contributed by atoms with Gasteiger partial charge in [0.05, 0.1) is 33.3 Å². The normalized spacial score (nSPS) is 16.4. The third-order valence-electron chi connectivity index (χ3n) is 7.96. The minimum atomic E-state index is -0.848. The first-order valence-electron chi connectivity index (χ1n) is 13.4. The average molecular weight is 623 g/mol. The molecule has 11 heteroatoms. The Kier molecular flexibility index (Phi) is 7.47. The van der Waals surface area contributed by atoms with E-state index in [1.165, 1.54) is 12.7 Å². The number of aliphatic carboxylic acids is 1. The maximum absolute atomic E-state index is 14.0. The van der Waals surface area contributed by atoms with Crippen molar-refractivity contribution >= 4 is 57.6 Å². The number of fused-ring (bicyclic) bond motifs is 3. The van der Waals surface area contributed by atoms with Crippen molar-refractivity contribution in [2.45, 2.75) is 44.7 Å². The largest absolute Gasteiger partial charge is 0.481 e. The summed E-state index contributed by atoms with van der Waals surface area (Å²) in [6.45, 7) is 2.39. The monoisotopic (exact) mass is 621 g/mol. The van der Waals surface area contributed by atoms with E-state index in [0.717, 1.165) is 33.3 Å². The predicted molar refractivity (Wildman–Crippen MR) is 163 cm³/mol. The Morgan fingerprint density at radius 1 is 1.02 bits per heavy atom. The lowest BCUT2D eigenvalue weighted by Gasteiger charge is -2.39. The first kappa shape index (κ1) is 28.3. The molecule has 1 aliphatic carbocycles. The Balaban J connectivity index is 1.44. The number of nitrogens with zero attached hydrogens (tertiary/aromatic N) is 4. The van der Waals surface area contributed by atoms with Gasteiger partial charge >= 0.3 is 5.97 Å². The van der Waals surface area contributed by atoms with Gasteiger partial charge in [-0.15, -0.1) is 10.2 Å². The van der Waals surface area contributed by atoms with E-state index in [-0.39, 0.29) is 22.0 Å². The zero-order valence-corrected chi connectivity index (χ0v) is 24.8. The van der Waals surface area contributed by atoms with Crippen molar-refractivity contribution in [3.8, 4) is 5.69 Å². The van der Waals surface area contributed by atoms with Crippen LogP contribution in [0.15, 0.2) is 67.3 Å². The van der Waals surface area contributed by atoms with E-state index in [9.17, 15) is 14.7 Å². The molecule has 2 aromatic heterocycles. The zero-order valence-electron chi connectivity index (χ0n) is 22.6. The van der Waals surface area contributed by atoms with Gasteiger partial charge in [-0.2, -0.15) is 0 Å². The highest BCUT2D eigenvalue weighted by atomic mass is 35.5. The molecular formula is C31H26Cl3N5O3. The van der Waals surface area contributed by atoms with Crippen molar-refractivity contribution in [1.29, 1.82) is 0 Å². The van der Waals surface area contributed by atoms with Gasteiger partial charge in [0, 0.05) is 34.6 Å². The van der Waals surface area contributed by atoms with Crippen LogP contribution in [0.3, 0.4) is 0 Å². The number of hydrogen-bond acceptors (Lipinski definition) is 4. The quantitative estimate of drug-likeness (QED) is 0.208. The number of hydrogen-bond donors (Lipinski definition) is 2. The number of aryl methyl sites for hydroxylation is 2. The van der Waals surface area contributed by atoms with Crippen molar-refractivity contribution in [3.05, 3.63) is 110 Å². The summed E-state index contributed by atoms with van der Waals surface area (Å²) in [5.74, 6) is -1.26. The van der Waals surface area contributed by atoms with E-state index >= 15 is 0 Å². The van der Waals surface area contributed by atoms with E-state index in [0.29, 0.717) is 36.5 Å². The molecule has 42 heavy (non-hydrogen) atoms. The summed E-state index contributed by atoms with van der Waals surface area (Å²) in [6, 6.07) is 17.0. The van der Waals surface area contributed by atoms with Crippen LogP contribution in [0, 0.1) is 6.92 Å². The number of rotatable bonds is 7. The Labute approximate surface area is 256 Å². The smallest absolute Gasteiger partial charge is 0.305 e. The van der Waals surface area contributed by atoms with Gasteiger partial charge in [-0.3, -0.25) is 14.2 Å². The van der Waals surface area contributed by atoms with Crippen molar-refractivity contribution < 1.29 is 14.7 Å². The summed E-state index contributed by atoms with van der Waals surface area (Å²) in [5, 5.41) is 22.3. The molecule has 0 saturated carbocycles. The number of halogens is 3. The summed E-state index contributed by atoms with van der Waals surface area (Å²) >= 11 is 19.8. The number of aromatic nitrogens is 4. The second kappa shape index (κ2) is 11.1. The second-order valence-electron chi connectivity index (χ2n) is 10.6. The molecule has 6 rings (SSSR count). The Morgan fingerprint density at radius 2 is 1.76 bits per heavy atom. The number of carbonyl (C=O) groups excluding carboxylic acids is 1. The molecule has 0 unspecified atom stereocenters. The van der Waals surface area contributed by atoms with Gasteiger partial charge in [-0.25, -0.2) is 0 Å². The fourth-order valence-corrected chi connectivity index (χ4v) is 6.84. The molecule has 0 saturated heterocycles. The molecule has 5 aromatic rings. The van der Waals surface area contributed by atoms with Gasteiger partial charge in [-0.05, 0) is 66.8 Å². The number of carboxylic acid groups (broad SMARTS) is 1. The summed E-state index contributed by atoms with van der Waals surface area (Å²) in [6.07, 6.45) is 4.70. The molecule has 0 bridgehead atoms. The lowest BCUT2D eigenvalue weighted by atomic mass is 9.74. The van der Waals surface area contributed by atoms with Crippen LogP contribution in [0.2, 0.25) is 15.1 Å². The lowest BCUT2D eigenvalue weighted by molar-refractivity contribution is -0.137. The molecule has 214 valence electrons. The minimum Gasteiger partial charge on any atom is -0.481 e.